The van der Waals surface area contributed by atoms with Crippen molar-refractivity contribution in [3.8, 4) is 0 Å². The van der Waals surface area contributed by atoms with Crippen molar-refractivity contribution < 1.29 is 5.11 Å². The summed E-state index contributed by atoms with van der Waals surface area (Å²) < 4.78 is 0. The number of hydrogen-bond donors (Lipinski definition) is 1. The molecular formula is C13H28N2O. The first-order valence-electron chi connectivity index (χ1n) is 6.59. The average molecular weight is 228 g/mol. The van der Waals surface area contributed by atoms with E-state index < -0.39 is 0 Å². The van der Waals surface area contributed by atoms with Gasteiger partial charge < -0.3 is 10.0 Å². The van der Waals surface area contributed by atoms with Gasteiger partial charge in [-0.3, -0.25) is 4.90 Å². The molecule has 0 saturated carbocycles. The third-order valence-corrected chi connectivity index (χ3v) is 3.84. The van der Waals surface area contributed by atoms with Gasteiger partial charge in [-0.15, -0.1) is 0 Å². The second kappa shape index (κ2) is 6.58. The van der Waals surface area contributed by atoms with Crippen molar-refractivity contribution in [3.05, 3.63) is 0 Å². The Hall–Kier alpha value is -0.120. The summed E-state index contributed by atoms with van der Waals surface area (Å²) in [5.74, 6) is 0.769. The highest BCUT2D eigenvalue weighted by molar-refractivity contribution is 4.81. The molecule has 1 rings (SSSR count). The molecule has 0 amide bonds. The van der Waals surface area contributed by atoms with Crippen molar-refractivity contribution in [2.45, 2.75) is 45.7 Å². The summed E-state index contributed by atoms with van der Waals surface area (Å²) in [6.07, 6.45) is 2.47. The lowest BCUT2D eigenvalue weighted by atomic mass is 10.1. The number of aliphatic hydroxyl groups excluding tert-OH is 1. The Kier molecular flexibility index (Phi) is 5.73. The van der Waals surface area contributed by atoms with E-state index >= 15 is 0 Å². The molecule has 0 bridgehead atoms. The molecule has 16 heavy (non-hydrogen) atoms. The Labute approximate surface area is 100 Å². The van der Waals surface area contributed by atoms with Crippen LogP contribution in [0.25, 0.3) is 0 Å². The van der Waals surface area contributed by atoms with Crippen molar-refractivity contribution >= 4 is 0 Å². The van der Waals surface area contributed by atoms with Gasteiger partial charge >= 0.3 is 0 Å². The minimum atomic E-state index is 0.277. The van der Waals surface area contributed by atoms with Crippen LogP contribution in [0.5, 0.6) is 0 Å². The molecule has 0 aromatic carbocycles. The molecular weight excluding hydrogens is 200 g/mol. The van der Waals surface area contributed by atoms with Crippen LogP contribution in [-0.2, 0) is 0 Å². The van der Waals surface area contributed by atoms with Crippen LogP contribution in [0.4, 0.5) is 0 Å². The molecule has 1 aliphatic heterocycles. The Bertz CT molecular complexity index is 194. The van der Waals surface area contributed by atoms with E-state index in [4.69, 9.17) is 0 Å². The van der Waals surface area contributed by atoms with Crippen LogP contribution in [0, 0.1) is 5.92 Å². The highest BCUT2D eigenvalue weighted by atomic mass is 16.3. The molecule has 3 nitrogen and oxygen atoms in total. The fraction of sp³-hybridized carbons (Fsp3) is 1.00. The van der Waals surface area contributed by atoms with Gasteiger partial charge in [-0.05, 0) is 45.8 Å². The quantitative estimate of drug-likeness (QED) is 0.788. The van der Waals surface area contributed by atoms with E-state index in [1.54, 1.807) is 0 Å². The molecule has 1 heterocycles. The largest absolute Gasteiger partial charge is 0.395 e. The predicted octanol–water partition coefficient (Wildman–Crippen LogP) is 1.42. The van der Waals surface area contributed by atoms with E-state index in [1.165, 1.54) is 25.9 Å². The van der Waals surface area contributed by atoms with Crippen molar-refractivity contribution in [2.75, 3.05) is 33.3 Å². The summed E-state index contributed by atoms with van der Waals surface area (Å²) >= 11 is 0. The predicted molar refractivity (Wildman–Crippen MR) is 68.6 cm³/mol. The summed E-state index contributed by atoms with van der Waals surface area (Å²) in [6.45, 7) is 10.5. The standard InChI is InChI=1S/C13H28N2O/c1-11(2)5-7-15-8-6-12(3)14(4)13(9-15)10-16/h11-13,16H,5-10H2,1-4H3. The summed E-state index contributed by atoms with van der Waals surface area (Å²) in [6, 6.07) is 0.894. The van der Waals surface area contributed by atoms with Gasteiger partial charge in [0.25, 0.3) is 0 Å². The third kappa shape index (κ3) is 4.04. The molecule has 0 aromatic rings. The second-order valence-electron chi connectivity index (χ2n) is 5.62. The van der Waals surface area contributed by atoms with Gasteiger partial charge in [-0.1, -0.05) is 13.8 Å². The van der Waals surface area contributed by atoms with Crippen molar-refractivity contribution in [2.24, 2.45) is 5.92 Å². The van der Waals surface area contributed by atoms with E-state index in [0.29, 0.717) is 12.1 Å². The molecule has 1 saturated heterocycles. The lowest BCUT2D eigenvalue weighted by molar-refractivity contribution is 0.109. The maximum Gasteiger partial charge on any atom is 0.0599 e. The number of likely N-dealkylation sites (N-methyl/N-ethyl adjacent to an activating group) is 1. The summed E-state index contributed by atoms with van der Waals surface area (Å²) in [5.41, 5.74) is 0. The van der Waals surface area contributed by atoms with Crippen LogP contribution in [-0.4, -0.2) is 60.3 Å². The smallest absolute Gasteiger partial charge is 0.0599 e. The molecule has 0 aliphatic carbocycles. The Balaban J connectivity index is 2.48. The maximum atomic E-state index is 9.43. The first-order valence-corrected chi connectivity index (χ1v) is 6.59. The number of aliphatic hydroxyl groups is 1. The van der Waals surface area contributed by atoms with Gasteiger partial charge in [-0.2, -0.15) is 0 Å². The van der Waals surface area contributed by atoms with E-state index in [-0.39, 0.29) is 6.61 Å². The molecule has 1 N–H and O–H groups in total. The van der Waals surface area contributed by atoms with Gasteiger partial charge in [0.05, 0.1) is 6.61 Å². The molecule has 1 fully saturated rings. The monoisotopic (exact) mass is 228 g/mol. The van der Waals surface area contributed by atoms with Crippen LogP contribution in [0.1, 0.15) is 33.6 Å². The summed E-state index contributed by atoms with van der Waals surface area (Å²) in [4.78, 5) is 4.84. The summed E-state index contributed by atoms with van der Waals surface area (Å²) in [5, 5.41) is 9.43. The molecule has 1 aliphatic rings. The van der Waals surface area contributed by atoms with E-state index in [9.17, 15) is 5.11 Å². The SMILES string of the molecule is CC(C)CCN1CCC(C)N(C)C(CO)C1. The minimum Gasteiger partial charge on any atom is -0.395 e. The van der Waals surface area contributed by atoms with Crippen LogP contribution in [0.15, 0.2) is 0 Å². The summed E-state index contributed by atoms with van der Waals surface area (Å²) in [7, 11) is 2.14. The van der Waals surface area contributed by atoms with E-state index in [0.717, 1.165) is 12.5 Å². The van der Waals surface area contributed by atoms with Crippen LogP contribution in [0.2, 0.25) is 0 Å². The van der Waals surface area contributed by atoms with Crippen molar-refractivity contribution in [1.29, 1.82) is 0 Å². The fourth-order valence-electron chi connectivity index (χ4n) is 2.28. The minimum absolute atomic E-state index is 0.277. The molecule has 0 aromatic heterocycles. The zero-order valence-corrected chi connectivity index (χ0v) is 11.3. The fourth-order valence-corrected chi connectivity index (χ4v) is 2.28. The molecule has 2 atom stereocenters. The van der Waals surface area contributed by atoms with Gasteiger partial charge in [0.2, 0.25) is 0 Å². The zero-order chi connectivity index (χ0) is 12.1. The van der Waals surface area contributed by atoms with Crippen LogP contribution in [0.3, 0.4) is 0 Å². The lowest BCUT2D eigenvalue weighted by Gasteiger charge is -2.30. The first kappa shape index (κ1) is 13.9. The lowest BCUT2D eigenvalue weighted by Crippen LogP contribution is -2.44. The molecule has 2 unspecified atom stereocenters. The number of nitrogens with zero attached hydrogens (tertiary/aromatic N) is 2. The highest BCUT2D eigenvalue weighted by Crippen LogP contribution is 2.15. The molecule has 0 radical (unpaired) electrons. The van der Waals surface area contributed by atoms with E-state index in [1.807, 2.05) is 0 Å². The average Bonchev–Trinajstić information content (AvgIpc) is 2.38. The number of hydrogen-bond acceptors (Lipinski definition) is 3. The maximum absolute atomic E-state index is 9.43. The topological polar surface area (TPSA) is 26.7 Å². The third-order valence-electron chi connectivity index (χ3n) is 3.84. The molecule has 96 valence electrons. The van der Waals surface area contributed by atoms with Gasteiger partial charge in [-0.25, -0.2) is 0 Å². The van der Waals surface area contributed by atoms with Crippen LogP contribution < -0.4 is 0 Å². The zero-order valence-electron chi connectivity index (χ0n) is 11.3. The molecule has 0 spiro atoms. The van der Waals surface area contributed by atoms with Gasteiger partial charge in [0, 0.05) is 18.6 Å². The van der Waals surface area contributed by atoms with Gasteiger partial charge in [0.15, 0.2) is 0 Å². The Morgan fingerprint density at radius 3 is 2.62 bits per heavy atom. The first-order chi connectivity index (χ1) is 7.54. The Morgan fingerprint density at radius 2 is 2.06 bits per heavy atom. The molecule has 3 heteroatoms. The van der Waals surface area contributed by atoms with E-state index in [2.05, 4.69) is 37.6 Å². The number of rotatable bonds is 4. The Morgan fingerprint density at radius 1 is 1.38 bits per heavy atom. The van der Waals surface area contributed by atoms with Crippen LogP contribution >= 0.6 is 0 Å². The van der Waals surface area contributed by atoms with Gasteiger partial charge in [0.1, 0.15) is 0 Å². The van der Waals surface area contributed by atoms with Crippen molar-refractivity contribution in [1.82, 2.24) is 9.80 Å². The van der Waals surface area contributed by atoms with Crippen molar-refractivity contribution in [3.63, 3.8) is 0 Å². The highest BCUT2D eigenvalue weighted by Gasteiger charge is 2.25. The second-order valence-corrected chi connectivity index (χ2v) is 5.62. The normalized spacial score (nSPS) is 29.6.